The first-order valence-electron chi connectivity index (χ1n) is 11.5. The van der Waals surface area contributed by atoms with Gasteiger partial charge in [0.05, 0.1) is 6.20 Å². The van der Waals surface area contributed by atoms with Crippen LogP contribution in [0.3, 0.4) is 0 Å². The third kappa shape index (κ3) is 5.58. The molecule has 2 N–H and O–H groups in total. The summed E-state index contributed by atoms with van der Waals surface area (Å²) >= 11 is 0. The lowest BCUT2D eigenvalue weighted by Crippen LogP contribution is -2.35. The number of rotatable bonds is 8. The van der Waals surface area contributed by atoms with Crippen molar-refractivity contribution in [3.8, 4) is 11.1 Å². The maximum Gasteiger partial charge on any atom is 0.247 e. The lowest BCUT2D eigenvalue weighted by molar-refractivity contribution is -0.118. The van der Waals surface area contributed by atoms with Crippen LogP contribution < -0.4 is 10.6 Å². The van der Waals surface area contributed by atoms with Gasteiger partial charge in [-0.25, -0.2) is 4.98 Å². The molecule has 2 atom stereocenters. The van der Waals surface area contributed by atoms with Gasteiger partial charge in [0, 0.05) is 36.6 Å². The SMILES string of the molecule is Cc1ccc([C@@H](C)CN[C@@H](C(=O)Nc2ccc(-c3cnn(C)c3)c(C)n2)c2ccccc2)cc1. The molecule has 0 radical (unpaired) electrons. The first-order chi connectivity index (χ1) is 16.4. The van der Waals surface area contributed by atoms with Gasteiger partial charge in [-0.3, -0.25) is 9.48 Å². The smallest absolute Gasteiger partial charge is 0.247 e. The Morgan fingerprint density at radius 1 is 0.971 bits per heavy atom. The van der Waals surface area contributed by atoms with Gasteiger partial charge in [0.2, 0.25) is 5.91 Å². The molecular weight excluding hydrogens is 422 g/mol. The van der Waals surface area contributed by atoms with Gasteiger partial charge in [-0.1, -0.05) is 67.1 Å². The zero-order valence-electron chi connectivity index (χ0n) is 20.1. The second-order valence-electron chi connectivity index (χ2n) is 8.79. The molecule has 2 aromatic carbocycles. The molecule has 6 nitrogen and oxygen atoms in total. The number of aryl methyl sites for hydroxylation is 3. The number of carbonyl (C=O) groups excluding carboxylic acids is 1. The Hall–Kier alpha value is -3.77. The summed E-state index contributed by atoms with van der Waals surface area (Å²) in [6.45, 7) is 6.86. The van der Waals surface area contributed by atoms with E-state index in [1.54, 1.807) is 4.68 Å². The summed E-state index contributed by atoms with van der Waals surface area (Å²) in [5, 5.41) is 10.7. The van der Waals surface area contributed by atoms with Gasteiger partial charge in [-0.15, -0.1) is 0 Å². The van der Waals surface area contributed by atoms with Gasteiger partial charge in [-0.05, 0) is 43.0 Å². The summed E-state index contributed by atoms with van der Waals surface area (Å²) in [6.07, 6.45) is 3.76. The van der Waals surface area contributed by atoms with Crippen LogP contribution in [0.2, 0.25) is 0 Å². The van der Waals surface area contributed by atoms with Crippen molar-refractivity contribution in [1.29, 1.82) is 0 Å². The quantitative estimate of drug-likeness (QED) is 0.386. The lowest BCUT2D eigenvalue weighted by atomic mass is 9.98. The van der Waals surface area contributed by atoms with Crippen molar-refractivity contribution >= 4 is 11.7 Å². The first-order valence-corrected chi connectivity index (χ1v) is 11.5. The summed E-state index contributed by atoms with van der Waals surface area (Å²) < 4.78 is 1.76. The zero-order chi connectivity index (χ0) is 24.1. The van der Waals surface area contributed by atoms with E-state index in [0.717, 1.165) is 22.4 Å². The minimum atomic E-state index is -0.491. The van der Waals surface area contributed by atoms with Gasteiger partial charge < -0.3 is 10.6 Å². The number of pyridine rings is 1. The summed E-state index contributed by atoms with van der Waals surface area (Å²) in [7, 11) is 1.89. The average molecular weight is 454 g/mol. The molecule has 0 saturated heterocycles. The van der Waals surface area contributed by atoms with E-state index in [-0.39, 0.29) is 11.8 Å². The number of anilines is 1. The van der Waals surface area contributed by atoms with Crippen molar-refractivity contribution in [1.82, 2.24) is 20.1 Å². The molecule has 6 heteroatoms. The number of benzene rings is 2. The Morgan fingerprint density at radius 2 is 1.71 bits per heavy atom. The topological polar surface area (TPSA) is 71.8 Å². The third-order valence-electron chi connectivity index (χ3n) is 6.02. The molecule has 0 aliphatic rings. The van der Waals surface area contributed by atoms with Gasteiger partial charge >= 0.3 is 0 Å². The third-order valence-corrected chi connectivity index (χ3v) is 6.02. The average Bonchev–Trinajstić information content (AvgIpc) is 3.26. The van der Waals surface area contributed by atoms with Crippen LogP contribution in [0.1, 0.15) is 41.3 Å². The van der Waals surface area contributed by atoms with Crippen molar-refractivity contribution in [2.24, 2.45) is 7.05 Å². The fraction of sp³-hybridized carbons (Fsp3) is 0.250. The molecule has 0 saturated carbocycles. The standard InChI is InChI=1S/C28H31N5O/c1-19-10-12-22(13-11-19)20(2)16-29-27(23-8-6-5-7-9-23)28(34)32-26-15-14-25(21(3)31-26)24-17-30-33(4)18-24/h5-15,17-18,20,27,29H,16H2,1-4H3,(H,31,32,34)/t20-,27+/m0/s1. The molecular formula is C28H31N5O. The van der Waals surface area contributed by atoms with E-state index in [9.17, 15) is 4.79 Å². The number of aromatic nitrogens is 3. The molecule has 174 valence electrons. The van der Waals surface area contributed by atoms with E-state index < -0.39 is 6.04 Å². The van der Waals surface area contributed by atoms with Gasteiger partial charge in [0.1, 0.15) is 11.9 Å². The Bertz CT molecular complexity index is 1250. The van der Waals surface area contributed by atoms with E-state index in [1.165, 1.54) is 11.1 Å². The number of nitrogens with zero attached hydrogens (tertiary/aromatic N) is 3. The van der Waals surface area contributed by atoms with Crippen LogP contribution in [-0.4, -0.2) is 27.2 Å². The summed E-state index contributed by atoms with van der Waals surface area (Å²) in [5.41, 5.74) is 6.23. The predicted octanol–water partition coefficient (Wildman–Crippen LogP) is 5.17. The van der Waals surface area contributed by atoms with E-state index in [2.05, 4.69) is 58.8 Å². The van der Waals surface area contributed by atoms with E-state index in [4.69, 9.17) is 0 Å². The zero-order valence-corrected chi connectivity index (χ0v) is 20.1. The molecule has 0 bridgehead atoms. The Balaban J connectivity index is 1.49. The van der Waals surface area contributed by atoms with Crippen molar-refractivity contribution in [2.75, 3.05) is 11.9 Å². The molecule has 1 amide bonds. The van der Waals surface area contributed by atoms with Crippen LogP contribution in [0.25, 0.3) is 11.1 Å². The second-order valence-corrected chi connectivity index (χ2v) is 8.79. The number of amides is 1. The molecule has 0 aliphatic heterocycles. The molecule has 2 heterocycles. The number of hydrogen-bond donors (Lipinski definition) is 2. The van der Waals surface area contributed by atoms with E-state index in [0.29, 0.717) is 12.4 Å². The highest BCUT2D eigenvalue weighted by Crippen LogP contribution is 2.24. The van der Waals surface area contributed by atoms with Crippen molar-refractivity contribution in [3.63, 3.8) is 0 Å². The fourth-order valence-electron chi connectivity index (χ4n) is 4.01. The molecule has 0 fully saturated rings. The summed E-state index contributed by atoms with van der Waals surface area (Å²) in [5.74, 6) is 0.659. The maximum absolute atomic E-state index is 13.3. The normalized spacial score (nSPS) is 12.8. The van der Waals surface area contributed by atoms with Crippen LogP contribution >= 0.6 is 0 Å². The van der Waals surface area contributed by atoms with Crippen molar-refractivity contribution in [3.05, 3.63) is 102 Å². The minimum absolute atomic E-state index is 0.136. The van der Waals surface area contributed by atoms with Gasteiger partial charge in [0.25, 0.3) is 0 Å². The highest BCUT2D eigenvalue weighted by atomic mass is 16.2. The van der Waals surface area contributed by atoms with Crippen molar-refractivity contribution < 1.29 is 4.79 Å². The molecule has 4 rings (SSSR count). The fourth-order valence-corrected chi connectivity index (χ4v) is 4.01. The van der Waals surface area contributed by atoms with E-state index in [1.807, 2.05) is 68.8 Å². The molecule has 34 heavy (non-hydrogen) atoms. The van der Waals surface area contributed by atoms with Crippen LogP contribution in [0.15, 0.2) is 79.1 Å². The number of hydrogen-bond acceptors (Lipinski definition) is 4. The van der Waals surface area contributed by atoms with Crippen LogP contribution in [0, 0.1) is 13.8 Å². The van der Waals surface area contributed by atoms with E-state index >= 15 is 0 Å². The number of carbonyl (C=O) groups is 1. The number of nitrogens with one attached hydrogen (secondary N) is 2. The maximum atomic E-state index is 13.3. The van der Waals surface area contributed by atoms with Crippen LogP contribution in [-0.2, 0) is 11.8 Å². The predicted molar refractivity (Wildman–Crippen MR) is 137 cm³/mol. The Kier molecular flexibility index (Phi) is 7.18. The monoisotopic (exact) mass is 453 g/mol. The summed E-state index contributed by atoms with van der Waals surface area (Å²) in [4.78, 5) is 18.0. The Morgan fingerprint density at radius 3 is 2.35 bits per heavy atom. The molecule has 4 aromatic rings. The largest absolute Gasteiger partial charge is 0.309 e. The van der Waals surface area contributed by atoms with Gasteiger partial charge in [-0.2, -0.15) is 5.10 Å². The molecule has 0 spiro atoms. The summed E-state index contributed by atoms with van der Waals surface area (Å²) in [6, 6.07) is 21.7. The molecule has 0 unspecified atom stereocenters. The van der Waals surface area contributed by atoms with Gasteiger partial charge in [0.15, 0.2) is 0 Å². The highest BCUT2D eigenvalue weighted by molar-refractivity contribution is 5.95. The van der Waals surface area contributed by atoms with Crippen molar-refractivity contribution in [2.45, 2.75) is 32.7 Å². The van der Waals surface area contributed by atoms with Crippen LogP contribution in [0.5, 0.6) is 0 Å². The molecule has 0 aliphatic carbocycles. The first kappa shape index (κ1) is 23.4. The van der Waals surface area contributed by atoms with Crippen LogP contribution in [0.4, 0.5) is 5.82 Å². The lowest BCUT2D eigenvalue weighted by Gasteiger charge is -2.21. The Labute approximate surface area is 201 Å². The minimum Gasteiger partial charge on any atom is -0.309 e. The second kappa shape index (κ2) is 10.4. The molecule has 2 aromatic heterocycles. The highest BCUT2D eigenvalue weighted by Gasteiger charge is 2.22.